The highest BCUT2D eigenvalue weighted by atomic mass is 32.1. The van der Waals surface area contributed by atoms with E-state index in [4.69, 9.17) is 4.74 Å². The molecule has 0 aromatic carbocycles. The van der Waals surface area contributed by atoms with Gasteiger partial charge in [-0.1, -0.05) is 0 Å². The molecule has 7 heteroatoms. The van der Waals surface area contributed by atoms with Crippen molar-refractivity contribution < 1.29 is 9.53 Å². The van der Waals surface area contributed by atoms with Crippen LogP contribution in [-0.2, 0) is 11.2 Å². The molecular formula is C15H17N3O3S. The summed E-state index contributed by atoms with van der Waals surface area (Å²) in [5.41, 5.74) is 1.33. The van der Waals surface area contributed by atoms with Crippen LogP contribution in [0.15, 0.2) is 34.0 Å². The van der Waals surface area contributed by atoms with Gasteiger partial charge >= 0.3 is 0 Å². The Labute approximate surface area is 131 Å². The summed E-state index contributed by atoms with van der Waals surface area (Å²) in [5, 5.41) is 3.77. The number of aromatic amines is 1. The summed E-state index contributed by atoms with van der Waals surface area (Å²) in [7, 11) is 0. The van der Waals surface area contributed by atoms with Crippen LogP contribution in [0.3, 0.4) is 0 Å². The van der Waals surface area contributed by atoms with Crippen molar-refractivity contribution >= 4 is 17.2 Å². The zero-order valence-electron chi connectivity index (χ0n) is 12.0. The molecule has 0 radical (unpaired) electrons. The average molecular weight is 319 g/mol. The molecule has 0 spiro atoms. The molecule has 0 aliphatic carbocycles. The number of morpholine rings is 1. The van der Waals surface area contributed by atoms with Crippen LogP contribution in [0.4, 0.5) is 0 Å². The van der Waals surface area contributed by atoms with Gasteiger partial charge in [-0.2, -0.15) is 11.3 Å². The molecule has 1 fully saturated rings. The van der Waals surface area contributed by atoms with Crippen LogP contribution in [0.2, 0.25) is 0 Å². The quantitative estimate of drug-likeness (QED) is 0.922. The molecule has 2 aromatic rings. The summed E-state index contributed by atoms with van der Waals surface area (Å²) in [6, 6.07) is 3.34. The molecule has 1 aliphatic heterocycles. The van der Waals surface area contributed by atoms with E-state index in [-0.39, 0.29) is 17.6 Å². The lowest BCUT2D eigenvalue weighted by Gasteiger charge is -2.32. The van der Waals surface area contributed by atoms with Gasteiger partial charge < -0.3 is 14.6 Å². The van der Waals surface area contributed by atoms with Crippen LogP contribution >= 0.6 is 11.3 Å². The van der Waals surface area contributed by atoms with Crippen molar-refractivity contribution in [2.24, 2.45) is 0 Å². The minimum atomic E-state index is -0.149. The molecule has 0 saturated carbocycles. The monoisotopic (exact) mass is 319 g/mol. The Balaban J connectivity index is 1.56. The molecule has 3 heterocycles. The van der Waals surface area contributed by atoms with Gasteiger partial charge in [0.2, 0.25) is 0 Å². The number of aromatic nitrogens is 2. The summed E-state index contributed by atoms with van der Waals surface area (Å²) >= 11 is 1.52. The van der Waals surface area contributed by atoms with Gasteiger partial charge in [-0.3, -0.25) is 9.59 Å². The summed E-state index contributed by atoms with van der Waals surface area (Å²) in [6.07, 6.45) is 2.79. The second-order valence-corrected chi connectivity index (χ2v) is 5.98. The minimum absolute atomic E-state index is 0.0163. The van der Waals surface area contributed by atoms with Crippen molar-refractivity contribution in [3.63, 3.8) is 0 Å². The van der Waals surface area contributed by atoms with Gasteiger partial charge in [-0.05, 0) is 24.3 Å². The first-order valence-corrected chi connectivity index (χ1v) is 8.13. The predicted octanol–water partition coefficient (Wildman–Crippen LogP) is 1.31. The van der Waals surface area contributed by atoms with Crippen LogP contribution in [0, 0.1) is 0 Å². The van der Waals surface area contributed by atoms with E-state index >= 15 is 0 Å². The Hall–Kier alpha value is -1.99. The first kappa shape index (κ1) is 14.9. The number of hydrogen-bond acceptors (Lipinski definition) is 5. The van der Waals surface area contributed by atoms with Crippen molar-refractivity contribution in [1.29, 1.82) is 0 Å². The van der Waals surface area contributed by atoms with Crippen LogP contribution < -0.4 is 5.56 Å². The van der Waals surface area contributed by atoms with Crippen molar-refractivity contribution in [2.75, 3.05) is 19.7 Å². The highest BCUT2D eigenvalue weighted by Gasteiger charge is 2.25. The number of aryl methyl sites for hydroxylation is 1. The van der Waals surface area contributed by atoms with Gasteiger partial charge in [0.15, 0.2) is 0 Å². The zero-order chi connectivity index (χ0) is 15.4. The van der Waals surface area contributed by atoms with Crippen molar-refractivity contribution in [3.8, 4) is 0 Å². The number of nitrogens with zero attached hydrogens (tertiary/aromatic N) is 2. The lowest BCUT2D eigenvalue weighted by molar-refractivity contribution is -0.0246. The number of thiophene rings is 1. The highest BCUT2D eigenvalue weighted by Crippen LogP contribution is 2.15. The van der Waals surface area contributed by atoms with Gasteiger partial charge in [-0.25, -0.2) is 4.98 Å². The maximum Gasteiger partial charge on any atom is 0.254 e. The Kier molecular flexibility index (Phi) is 4.65. The number of carbonyl (C=O) groups is 1. The van der Waals surface area contributed by atoms with Gasteiger partial charge in [0.1, 0.15) is 0 Å². The number of H-pyrrole nitrogens is 1. The number of amides is 1. The number of rotatable bonds is 4. The fourth-order valence-electron chi connectivity index (χ4n) is 2.50. The third-order valence-corrected chi connectivity index (χ3v) is 4.33. The summed E-state index contributed by atoms with van der Waals surface area (Å²) < 4.78 is 5.72. The molecule has 2 aromatic heterocycles. The SMILES string of the molecule is O=C(c1ccsc1)N1CCO[C@H](CCc2cc(=O)[nH]cn2)C1. The predicted molar refractivity (Wildman–Crippen MR) is 83.1 cm³/mol. The van der Waals surface area contributed by atoms with Crippen LogP contribution in [0.5, 0.6) is 0 Å². The molecule has 3 rings (SSSR count). The number of hydrogen-bond donors (Lipinski definition) is 1. The van der Waals surface area contributed by atoms with E-state index < -0.39 is 0 Å². The standard InChI is InChI=1S/C15H17N3O3S/c19-14-7-12(16-10-17-14)1-2-13-8-18(4-5-21-13)15(20)11-3-6-22-9-11/h3,6-7,9-10,13H,1-2,4-5,8H2,(H,16,17,19)/t13-/m1/s1. The Morgan fingerprint density at radius 2 is 2.45 bits per heavy atom. The van der Waals surface area contributed by atoms with Crippen molar-refractivity contribution in [1.82, 2.24) is 14.9 Å². The van der Waals surface area contributed by atoms with Crippen molar-refractivity contribution in [3.05, 3.63) is 50.8 Å². The van der Waals surface area contributed by atoms with Crippen LogP contribution in [0.1, 0.15) is 22.5 Å². The van der Waals surface area contributed by atoms with Gasteiger partial charge in [0.05, 0.1) is 24.6 Å². The maximum atomic E-state index is 12.3. The third-order valence-electron chi connectivity index (χ3n) is 3.65. The van der Waals surface area contributed by atoms with Gasteiger partial charge in [0.25, 0.3) is 11.5 Å². The Morgan fingerprint density at radius 1 is 1.55 bits per heavy atom. The third kappa shape index (κ3) is 3.61. The fraction of sp³-hybridized carbons (Fsp3) is 0.400. The minimum Gasteiger partial charge on any atom is -0.375 e. The fourth-order valence-corrected chi connectivity index (χ4v) is 3.13. The summed E-state index contributed by atoms with van der Waals surface area (Å²) in [5.74, 6) is 0.0591. The number of nitrogens with one attached hydrogen (secondary N) is 1. The van der Waals surface area contributed by atoms with Crippen LogP contribution in [-0.4, -0.2) is 46.6 Å². The molecule has 1 atom stereocenters. The van der Waals surface area contributed by atoms with Gasteiger partial charge in [-0.15, -0.1) is 0 Å². The molecule has 1 saturated heterocycles. The molecule has 6 nitrogen and oxygen atoms in total. The van der Waals surface area contributed by atoms with E-state index in [1.165, 1.54) is 23.7 Å². The molecule has 0 unspecified atom stereocenters. The molecule has 1 aliphatic rings. The van der Waals surface area contributed by atoms with E-state index in [0.29, 0.717) is 26.1 Å². The molecule has 22 heavy (non-hydrogen) atoms. The van der Waals surface area contributed by atoms with Gasteiger partial charge in [0, 0.05) is 30.2 Å². The maximum absolute atomic E-state index is 12.3. The van der Waals surface area contributed by atoms with E-state index in [1.54, 1.807) is 0 Å². The smallest absolute Gasteiger partial charge is 0.254 e. The lowest BCUT2D eigenvalue weighted by atomic mass is 10.1. The number of carbonyl (C=O) groups excluding carboxylic acids is 1. The Bertz CT molecular complexity index is 683. The molecule has 0 bridgehead atoms. The number of ether oxygens (including phenoxy) is 1. The first-order valence-electron chi connectivity index (χ1n) is 7.19. The molecular weight excluding hydrogens is 302 g/mol. The zero-order valence-corrected chi connectivity index (χ0v) is 12.8. The van der Waals surface area contributed by atoms with E-state index in [0.717, 1.165) is 17.7 Å². The van der Waals surface area contributed by atoms with E-state index in [9.17, 15) is 9.59 Å². The van der Waals surface area contributed by atoms with E-state index in [1.807, 2.05) is 21.7 Å². The molecule has 116 valence electrons. The van der Waals surface area contributed by atoms with Crippen molar-refractivity contribution in [2.45, 2.75) is 18.9 Å². The lowest BCUT2D eigenvalue weighted by Crippen LogP contribution is -2.45. The topological polar surface area (TPSA) is 75.3 Å². The van der Waals surface area contributed by atoms with Crippen LogP contribution in [0.25, 0.3) is 0 Å². The second kappa shape index (κ2) is 6.85. The highest BCUT2D eigenvalue weighted by molar-refractivity contribution is 7.08. The normalized spacial score (nSPS) is 18.4. The Morgan fingerprint density at radius 3 is 3.23 bits per heavy atom. The summed E-state index contributed by atoms with van der Waals surface area (Å²) in [4.78, 5) is 32.0. The first-order chi connectivity index (χ1) is 10.7. The largest absolute Gasteiger partial charge is 0.375 e. The second-order valence-electron chi connectivity index (χ2n) is 5.20. The average Bonchev–Trinajstić information content (AvgIpc) is 3.07. The molecule has 1 amide bonds. The summed E-state index contributed by atoms with van der Waals surface area (Å²) in [6.45, 7) is 1.75. The van der Waals surface area contributed by atoms with E-state index in [2.05, 4.69) is 9.97 Å². The molecule has 1 N–H and O–H groups in total.